The number of anilines is 1. The number of likely N-dealkylation sites (tertiary alicyclic amines) is 1. The number of nitrogens with zero attached hydrogens (tertiary/aromatic N) is 2. The normalized spacial score (nSPS) is 14.8. The molecule has 3 rings (SSSR count). The summed E-state index contributed by atoms with van der Waals surface area (Å²) in [6.07, 6.45) is 13.6. The minimum Gasteiger partial charge on any atom is -0.398 e. The predicted molar refractivity (Wildman–Crippen MR) is 170 cm³/mol. The van der Waals surface area contributed by atoms with E-state index in [0.29, 0.717) is 39.7 Å². The van der Waals surface area contributed by atoms with Gasteiger partial charge < -0.3 is 20.9 Å². The lowest BCUT2D eigenvalue weighted by Gasteiger charge is -2.30. The summed E-state index contributed by atoms with van der Waals surface area (Å²) in [5.74, 6) is 0.643. The molecule has 1 aromatic heterocycles. The van der Waals surface area contributed by atoms with E-state index in [1.807, 2.05) is 32.1 Å². The Bertz CT molecular complexity index is 1360. The number of aromatic nitrogens is 2. The lowest BCUT2D eigenvalue weighted by atomic mass is 9.96. The number of H-pyrrole nitrogens is 1. The molecule has 0 bridgehead atoms. The van der Waals surface area contributed by atoms with Gasteiger partial charge in [0.1, 0.15) is 17.3 Å². The Kier molecular flexibility index (Phi) is 10.5. The molecule has 1 aliphatic rings. The van der Waals surface area contributed by atoms with E-state index in [-0.39, 0.29) is 0 Å². The molecule has 0 spiro atoms. The molecule has 1 fully saturated rings. The van der Waals surface area contributed by atoms with Crippen LogP contribution in [0.15, 0.2) is 80.2 Å². The summed E-state index contributed by atoms with van der Waals surface area (Å²) in [6, 6.07) is 3.09. The molecule has 40 heavy (non-hydrogen) atoms. The fraction of sp³-hybridized carbons (Fsp3) is 0.324. The number of nitrogen functional groups attached to an aromatic ring is 1. The molecular formula is C34H44FN5. The van der Waals surface area contributed by atoms with E-state index in [9.17, 15) is 0 Å². The number of aryl methyl sites for hydroxylation is 1. The molecule has 0 radical (unpaired) electrons. The maximum absolute atomic E-state index is 15.3. The summed E-state index contributed by atoms with van der Waals surface area (Å²) < 4.78 is 15.3. The van der Waals surface area contributed by atoms with Gasteiger partial charge in [-0.05, 0) is 81.4 Å². The van der Waals surface area contributed by atoms with Crippen molar-refractivity contribution in [3.05, 3.63) is 114 Å². The molecular weight excluding hydrogens is 497 g/mol. The number of aromatic amines is 1. The Labute approximate surface area is 239 Å². The molecule has 6 heteroatoms. The van der Waals surface area contributed by atoms with Crippen molar-refractivity contribution in [2.24, 2.45) is 5.92 Å². The van der Waals surface area contributed by atoms with Gasteiger partial charge in [0, 0.05) is 52.6 Å². The molecule has 0 atom stereocenters. The summed E-state index contributed by atoms with van der Waals surface area (Å²) in [7, 11) is 0. The molecule has 1 aliphatic heterocycles. The summed E-state index contributed by atoms with van der Waals surface area (Å²) in [5, 5.41) is 3.30. The van der Waals surface area contributed by atoms with Crippen LogP contribution in [0.3, 0.4) is 0 Å². The molecule has 0 unspecified atom stereocenters. The number of rotatable bonds is 12. The molecule has 0 aliphatic carbocycles. The van der Waals surface area contributed by atoms with Gasteiger partial charge in [0.15, 0.2) is 0 Å². The van der Waals surface area contributed by atoms with Gasteiger partial charge >= 0.3 is 0 Å². The van der Waals surface area contributed by atoms with E-state index >= 15 is 4.39 Å². The molecule has 1 aromatic carbocycles. The fourth-order valence-electron chi connectivity index (χ4n) is 5.01. The highest BCUT2D eigenvalue weighted by atomic mass is 19.1. The number of halogens is 1. The van der Waals surface area contributed by atoms with Crippen molar-refractivity contribution < 1.29 is 4.39 Å². The third-order valence-corrected chi connectivity index (χ3v) is 6.98. The van der Waals surface area contributed by atoms with Crippen LogP contribution >= 0.6 is 0 Å². The largest absolute Gasteiger partial charge is 0.398 e. The quantitative estimate of drug-likeness (QED) is 0.187. The Balaban J connectivity index is 1.98. The second-order valence-corrected chi connectivity index (χ2v) is 10.7. The third kappa shape index (κ3) is 7.32. The maximum atomic E-state index is 15.3. The average molecular weight is 542 g/mol. The molecule has 2 heterocycles. The van der Waals surface area contributed by atoms with Gasteiger partial charge in [0.2, 0.25) is 0 Å². The zero-order chi connectivity index (χ0) is 29.4. The Morgan fingerprint density at radius 2 is 1.88 bits per heavy atom. The van der Waals surface area contributed by atoms with Crippen molar-refractivity contribution in [3.8, 4) is 0 Å². The first-order valence-electron chi connectivity index (χ1n) is 14.0. The first-order valence-corrected chi connectivity index (χ1v) is 14.0. The Hall–Kier alpha value is -4.06. The molecule has 4 N–H and O–H groups in total. The number of allylic oxidation sites excluding steroid dienone is 7. The minimum absolute atomic E-state index is 0.298. The number of piperidine rings is 1. The van der Waals surface area contributed by atoms with Crippen molar-refractivity contribution in [1.82, 2.24) is 20.2 Å². The van der Waals surface area contributed by atoms with Gasteiger partial charge in [-0.25, -0.2) is 9.37 Å². The lowest BCUT2D eigenvalue weighted by Crippen LogP contribution is -2.28. The number of hydrogen-bond acceptors (Lipinski definition) is 4. The van der Waals surface area contributed by atoms with Crippen molar-refractivity contribution in [3.63, 3.8) is 0 Å². The molecule has 1 saturated heterocycles. The highest BCUT2D eigenvalue weighted by Crippen LogP contribution is 2.33. The lowest BCUT2D eigenvalue weighted by molar-refractivity contribution is 0.325. The smallest absolute Gasteiger partial charge is 0.138 e. The van der Waals surface area contributed by atoms with E-state index in [0.717, 1.165) is 60.8 Å². The second-order valence-electron chi connectivity index (χ2n) is 10.7. The third-order valence-electron chi connectivity index (χ3n) is 6.98. The Morgan fingerprint density at radius 3 is 2.48 bits per heavy atom. The van der Waals surface area contributed by atoms with Gasteiger partial charge in [-0.2, -0.15) is 0 Å². The number of benzene rings is 1. The molecule has 0 amide bonds. The monoisotopic (exact) mass is 541 g/mol. The first kappa shape index (κ1) is 30.5. The summed E-state index contributed by atoms with van der Waals surface area (Å²) in [4.78, 5) is 10.7. The van der Waals surface area contributed by atoms with Crippen LogP contribution < -0.4 is 11.1 Å². The van der Waals surface area contributed by atoms with Gasteiger partial charge in [0.25, 0.3) is 0 Å². The number of imidazole rings is 1. The van der Waals surface area contributed by atoms with Gasteiger partial charge in [0.05, 0.1) is 5.70 Å². The van der Waals surface area contributed by atoms with E-state index < -0.39 is 5.82 Å². The zero-order valence-electron chi connectivity index (χ0n) is 24.5. The molecule has 5 nitrogen and oxygen atoms in total. The minimum atomic E-state index is -0.416. The molecule has 212 valence electrons. The van der Waals surface area contributed by atoms with Crippen LogP contribution in [0.1, 0.15) is 74.8 Å². The second kappa shape index (κ2) is 13.8. The van der Waals surface area contributed by atoms with E-state index in [2.05, 4.69) is 55.4 Å². The van der Waals surface area contributed by atoms with Crippen LogP contribution in [0.4, 0.5) is 10.1 Å². The molecule has 0 saturated carbocycles. The summed E-state index contributed by atoms with van der Waals surface area (Å²) in [5.41, 5.74) is 13.4. The average Bonchev–Trinajstić information content (AvgIpc) is 3.30. The standard InChI is InChI=1S/C34H44FN5/c1-9-15-32(40-16-13-12-14-17-40)33-25(8)38-34(39-33)24(7)28-20-29(30(35)21-31(28)36)26(10-2)19-27(11-3)37-23(6)18-22(4)5/h9-11,15,19-22,37H,1,3,6-7,12-14,16-18,36H2,2,4-5,8H3,(H,38,39)/b26-10+,27-19+,32-15+. The van der Waals surface area contributed by atoms with E-state index in [1.165, 1.54) is 12.5 Å². The van der Waals surface area contributed by atoms with Gasteiger partial charge in [-0.1, -0.05) is 52.3 Å². The van der Waals surface area contributed by atoms with Crippen LogP contribution in [0.5, 0.6) is 0 Å². The van der Waals surface area contributed by atoms with Crippen LogP contribution in [-0.4, -0.2) is 28.0 Å². The van der Waals surface area contributed by atoms with Crippen LogP contribution in [0.2, 0.25) is 0 Å². The van der Waals surface area contributed by atoms with Crippen LogP contribution in [-0.2, 0) is 0 Å². The van der Waals surface area contributed by atoms with Crippen molar-refractivity contribution in [1.29, 1.82) is 0 Å². The topological polar surface area (TPSA) is 70.0 Å². The highest BCUT2D eigenvalue weighted by Gasteiger charge is 2.22. The number of nitrogens with two attached hydrogens (primary N) is 1. The van der Waals surface area contributed by atoms with E-state index in [1.54, 1.807) is 18.2 Å². The number of nitrogens with one attached hydrogen (secondary N) is 2. The van der Waals surface area contributed by atoms with Crippen LogP contribution in [0.25, 0.3) is 16.8 Å². The van der Waals surface area contributed by atoms with Gasteiger partial charge in [-0.3, -0.25) is 0 Å². The van der Waals surface area contributed by atoms with E-state index in [4.69, 9.17) is 10.7 Å². The van der Waals surface area contributed by atoms with Gasteiger partial charge in [-0.15, -0.1) is 0 Å². The fourth-order valence-corrected chi connectivity index (χ4v) is 5.01. The maximum Gasteiger partial charge on any atom is 0.138 e. The SMILES string of the molecule is C=C/C=C(\c1nc(C(=C)c2cc(C(/C=C(\C=C)NC(=C)CC(C)C)=C/C)c(F)cc2N)[nH]c1C)N1CCCCC1. The zero-order valence-corrected chi connectivity index (χ0v) is 24.5. The summed E-state index contributed by atoms with van der Waals surface area (Å²) >= 11 is 0. The molecule has 2 aromatic rings. The predicted octanol–water partition coefficient (Wildman–Crippen LogP) is 8.14. The first-order chi connectivity index (χ1) is 19.1. The number of hydrogen-bond donors (Lipinski definition) is 3. The summed E-state index contributed by atoms with van der Waals surface area (Å²) in [6.45, 7) is 26.3. The van der Waals surface area contributed by atoms with Crippen LogP contribution in [0, 0.1) is 18.7 Å². The van der Waals surface area contributed by atoms with Crippen molar-refractivity contribution >= 4 is 22.5 Å². The van der Waals surface area contributed by atoms with Crippen molar-refractivity contribution in [2.75, 3.05) is 18.8 Å². The Morgan fingerprint density at radius 1 is 1.18 bits per heavy atom. The highest BCUT2D eigenvalue weighted by molar-refractivity contribution is 5.86. The van der Waals surface area contributed by atoms with Crippen molar-refractivity contribution in [2.45, 2.75) is 53.4 Å².